The Morgan fingerprint density at radius 2 is 1.71 bits per heavy atom. The molecule has 1 aromatic carbocycles. The van der Waals surface area contributed by atoms with E-state index in [0.29, 0.717) is 0 Å². The Morgan fingerprint density at radius 3 is 2.37 bits per heavy atom. The molecule has 0 unspecified atom stereocenters. The second-order valence-corrected chi connectivity index (χ2v) is 12.5. The number of aliphatic hydroxyl groups excluding tert-OH is 1. The first kappa shape index (κ1) is 24.4. The molecule has 7 rings (SSSR count). The summed E-state index contributed by atoms with van der Waals surface area (Å²) in [7, 11) is 0. The fourth-order valence-corrected chi connectivity index (χ4v) is 9.12. The van der Waals surface area contributed by atoms with Gasteiger partial charge in [-0.05, 0) is 17.9 Å². The standard InChI is InChI=1S/C27H29FO10/c1-11-19(30)35-17-15(29)25-16-13(28)14(23(2,3)4)24(25)18(34-10-12-8-6-5-7-9-12)20(31)37-22(24)38-27(25,21(32)36-16)26(11,17)33/h5-9,11,13-18,22,29,33H,10H2,1-4H3/t11-,13+,14+,15+,16-,17+,18+,22+,24-,25+,26-,27+/m1/s1. The third-order valence-corrected chi connectivity index (χ3v) is 10.1. The van der Waals surface area contributed by atoms with Gasteiger partial charge in [-0.3, -0.25) is 4.79 Å². The highest BCUT2D eigenvalue weighted by molar-refractivity contribution is 5.94. The zero-order chi connectivity index (χ0) is 27.2. The summed E-state index contributed by atoms with van der Waals surface area (Å²) >= 11 is 0. The molecule has 38 heavy (non-hydrogen) atoms. The van der Waals surface area contributed by atoms with Crippen molar-refractivity contribution in [3.63, 3.8) is 0 Å². The molecule has 0 amide bonds. The molecule has 10 nitrogen and oxygen atoms in total. The molecule has 2 spiro atoms. The van der Waals surface area contributed by atoms with Gasteiger partial charge >= 0.3 is 17.9 Å². The molecule has 2 N–H and O–H groups in total. The minimum atomic E-state index is -2.44. The normalized spacial score (nSPS) is 51.8. The Hall–Kier alpha value is -2.60. The van der Waals surface area contributed by atoms with Gasteiger partial charge in [0.2, 0.25) is 11.9 Å². The van der Waals surface area contributed by atoms with Gasteiger partial charge in [-0.25, -0.2) is 14.0 Å². The van der Waals surface area contributed by atoms with Crippen molar-refractivity contribution in [2.75, 3.05) is 0 Å². The molecule has 4 saturated heterocycles. The Bertz CT molecular complexity index is 1260. The lowest BCUT2D eigenvalue weighted by molar-refractivity contribution is -0.240. The first-order chi connectivity index (χ1) is 17.8. The van der Waals surface area contributed by atoms with Crippen molar-refractivity contribution in [2.24, 2.45) is 28.1 Å². The van der Waals surface area contributed by atoms with Crippen LogP contribution in [-0.4, -0.2) is 76.2 Å². The molecule has 6 fully saturated rings. The summed E-state index contributed by atoms with van der Waals surface area (Å²) in [5.74, 6) is -5.22. The maximum absolute atomic E-state index is 16.8. The molecule has 12 atom stereocenters. The van der Waals surface area contributed by atoms with Gasteiger partial charge in [-0.2, -0.15) is 0 Å². The average molecular weight is 533 g/mol. The van der Waals surface area contributed by atoms with Crippen LogP contribution in [0.4, 0.5) is 4.39 Å². The molecule has 11 heteroatoms. The Kier molecular flexibility index (Phi) is 4.46. The highest BCUT2D eigenvalue weighted by Crippen LogP contribution is 2.85. The quantitative estimate of drug-likeness (QED) is 0.425. The molecule has 0 aromatic heterocycles. The van der Waals surface area contributed by atoms with Gasteiger partial charge in [0.25, 0.3) is 0 Å². The zero-order valence-corrected chi connectivity index (χ0v) is 21.3. The number of ether oxygens (including phenoxy) is 5. The predicted octanol–water partition coefficient (Wildman–Crippen LogP) is 0.803. The second kappa shape index (κ2) is 6.93. The van der Waals surface area contributed by atoms with Gasteiger partial charge in [0, 0.05) is 5.92 Å². The summed E-state index contributed by atoms with van der Waals surface area (Å²) in [6.07, 6.45) is -9.98. The lowest BCUT2D eigenvalue weighted by Gasteiger charge is -2.48. The van der Waals surface area contributed by atoms with Crippen LogP contribution in [0.25, 0.3) is 0 Å². The highest BCUT2D eigenvalue weighted by atomic mass is 19.1. The minimum Gasteiger partial charge on any atom is -0.456 e. The van der Waals surface area contributed by atoms with E-state index in [-0.39, 0.29) is 6.61 Å². The van der Waals surface area contributed by atoms with Crippen molar-refractivity contribution in [3.8, 4) is 0 Å². The number of esters is 3. The summed E-state index contributed by atoms with van der Waals surface area (Å²) in [6.45, 7) is 6.61. The van der Waals surface area contributed by atoms with Crippen LogP contribution < -0.4 is 0 Å². The molecule has 0 bridgehead atoms. The monoisotopic (exact) mass is 532 g/mol. The van der Waals surface area contributed by atoms with E-state index in [9.17, 15) is 24.6 Å². The zero-order valence-electron chi connectivity index (χ0n) is 21.3. The summed E-state index contributed by atoms with van der Waals surface area (Å²) in [5.41, 5.74) is -8.86. The third kappa shape index (κ3) is 2.13. The predicted molar refractivity (Wildman–Crippen MR) is 121 cm³/mol. The Balaban J connectivity index is 1.50. The fraction of sp³-hybridized carbons (Fsp3) is 0.667. The van der Waals surface area contributed by atoms with Crippen LogP contribution in [0, 0.1) is 28.1 Å². The summed E-state index contributed by atoms with van der Waals surface area (Å²) in [5, 5.41) is 24.2. The number of alkyl halides is 1. The van der Waals surface area contributed by atoms with Crippen molar-refractivity contribution in [1.82, 2.24) is 0 Å². The van der Waals surface area contributed by atoms with E-state index in [1.807, 2.05) is 6.07 Å². The van der Waals surface area contributed by atoms with E-state index in [2.05, 4.69) is 0 Å². The largest absolute Gasteiger partial charge is 0.456 e. The number of hydrogen-bond donors (Lipinski definition) is 2. The number of aliphatic hydroxyl groups is 2. The molecule has 1 aromatic rings. The van der Waals surface area contributed by atoms with Gasteiger partial charge in [-0.1, -0.05) is 51.1 Å². The molecular formula is C27H29FO10. The van der Waals surface area contributed by atoms with E-state index in [1.165, 1.54) is 6.92 Å². The van der Waals surface area contributed by atoms with Crippen molar-refractivity contribution >= 4 is 17.9 Å². The Morgan fingerprint density at radius 1 is 1.03 bits per heavy atom. The fourth-order valence-electron chi connectivity index (χ4n) is 9.12. The molecular weight excluding hydrogens is 503 g/mol. The number of benzene rings is 1. The molecule has 0 radical (unpaired) electrons. The summed E-state index contributed by atoms with van der Waals surface area (Å²) in [6, 6.07) is 9.00. The number of carbonyl (C=O) groups is 3. The molecule has 6 aliphatic rings. The summed E-state index contributed by atoms with van der Waals surface area (Å²) < 4.78 is 46.0. The lowest BCUT2D eigenvalue weighted by Crippen LogP contribution is -2.67. The maximum atomic E-state index is 16.8. The van der Waals surface area contributed by atoms with E-state index < -0.39 is 94.1 Å². The lowest BCUT2D eigenvalue weighted by atomic mass is 9.51. The minimum absolute atomic E-state index is 0.0549. The molecule has 2 saturated carbocycles. The van der Waals surface area contributed by atoms with Crippen LogP contribution in [-0.2, 0) is 44.7 Å². The van der Waals surface area contributed by atoms with E-state index >= 15 is 4.39 Å². The van der Waals surface area contributed by atoms with Gasteiger partial charge in [0.1, 0.15) is 18.4 Å². The topological polar surface area (TPSA) is 138 Å². The van der Waals surface area contributed by atoms with Crippen molar-refractivity contribution in [2.45, 2.75) is 82.4 Å². The van der Waals surface area contributed by atoms with E-state index in [4.69, 9.17) is 23.7 Å². The van der Waals surface area contributed by atoms with E-state index in [0.717, 1.165) is 5.56 Å². The average Bonchev–Trinajstić information content (AvgIpc) is 3.55. The van der Waals surface area contributed by atoms with Crippen LogP contribution in [0.15, 0.2) is 30.3 Å². The van der Waals surface area contributed by atoms with Crippen molar-refractivity contribution in [1.29, 1.82) is 0 Å². The highest BCUT2D eigenvalue weighted by Gasteiger charge is 3.05. The number of hydrogen-bond acceptors (Lipinski definition) is 10. The molecule has 4 aliphatic heterocycles. The number of fused-ring (bicyclic) bond motifs is 1. The second-order valence-electron chi connectivity index (χ2n) is 12.5. The van der Waals surface area contributed by atoms with Crippen LogP contribution in [0.5, 0.6) is 0 Å². The smallest absolute Gasteiger partial charge is 0.343 e. The van der Waals surface area contributed by atoms with Crippen molar-refractivity contribution < 1.29 is 52.7 Å². The molecule has 204 valence electrons. The Labute approximate surface area is 217 Å². The van der Waals surface area contributed by atoms with Crippen LogP contribution in [0.1, 0.15) is 33.3 Å². The van der Waals surface area contributed by atoms with E-state index in [1.54, 1.807) is 45.0 Å². The number of carbonyl (C=O) groups excluding carboxylic acids is 3. The van der Waals surface area contributed by atoms with Gasteiger partial charge in [0.05, 0.1) is 23.4 Å². The molecule has 2 aliphatic carbocycles. The SMILES string of the molecule is C[C@@H]1C(=O)O[C@H]2[C@H](O)[C@@]34[C@@H]5OC(=O)[C@@]3(O[C@@H]3OC(=O)[C@H](OCc6ccccc6)[C@]34[C@H](C(C)(C)C)[C@@H]5F)[C@@]12O. The van der Waals surface area contributed by atoms with Gasteiger partial charge in [-0.15, -0.1) is 0 Å². The van der Waals surface area contributed by atoms with Crippen LogP contribution >= 0.6 is 0 Å². The van der Waals surface area contributed by atoms with Gasteiger partial charge in [0.15, 0.2) is 17.8 Å². The summed E-state index contributed by atoms with van der Waals surface area (Å²) in [4.78, 5) is 39.8. The first-order valence-corrected chi connectivity index (χ1v) is 12.8. The number of halogens is 1. The maximum Gasteiger partial charge on any atom is 0.343 e. The number of rotatable bonds is 3. The molecule has 4 heterocycles. The van der Waals surface area contributed by atoms with Crippen LogP contribution in [0.2, 0.25) is 0 Å². The third-order valence-electron chi connectivity index (χ3n) is 10.1. The first-order valence-electron chi connectivity index (χ1n) is 12.8. The van der Waals surface area contributed by atoms with Crippen LogP contribution in [0.3, 0.4) is 0 Å². The van der Waals surface area contributed by atoms with Gasteiger partial charge < -0.3 is 33.9 Å². The van der Waals surface area contributed by atoms with Crippen molar-refractivity contribution in [3.05, 3.63) is 35.9 Å².